The zero-order valence-corrected chi connectivity index (χ0v) is 19.6. The fourth-order valence-electron chi connectivity index (χ4n) is 3.67. The summed E-state index contributed by atoms with van der Waals surface area (Å²) in [7, 11) is 1.58. The van der Waals surface area contributed by atoms with Crippen LogP contribution in [0.15, 0.2) is 70.4 Å². The highest BCUT2D eigenvalue weighted by Crippen LogP contribution is 2.43. The normalized spacial score (nSPS) is 16.2. The molecule has 4 N–H and O–H groups in total. The van der Waals surface area contributed by atoms with Gasteiger partial charge in [-0.05, 0) is 48.4 Å². The van der Waals surface area contributed by atoms with E-state index in [1.165, 1.54) is 0 Å². The molecule has 7 heteroatoms. The summed E-state index contributed by atoms with van der Waals surface area (Å²) >= 11 is 8.31. The molecule has 164 valence electrons. The molecule has 0 fully saturated rings. The van der Waals surface area contributed by atoms with Gasteiger partial charge in [-0.25, -0.2) is 0 Å². The highest BCUT2D eigenvalue weighted by atomic mass is 35.5. The molecule has 1 atom stereocenters. The predicted octanol–water partition coefficient (Wildman–Crippen LogP) is 5.26. The van der Waals surface area contributed by atoms with E-state index in [9.17, 15) is 4.79 Å². The fraction of sp³-hybridized carbons (Fsp3) is 0.292. The molecule has 5 nitrogen and oxygen atoms in total. The van der Waals surface area contributed by atoms with Gasteiger partial charge < -0.3 is 21.1 Å². The van der Waals surface area contributed by atoms with Crippen LogP contribution in [0.5, 0.6) is 5.75 Å². The van der Waals surface area contributed by atoms with Gasteiger partial charge in [0.05, 0.1) is 17.8 Å². The second-order valence-corrected chi connectivity index (χ2v) is 8.69. The van der Waals surface area contributed by atoms with E-state index in [2.05, 4.69) is 17.6 Å². The number of hydrogen-bond acceptors (Lipinski definition) is 5. The zero-order valence-electron chi connectivity index (χ0n) is 18.0. The number of para-hydroxylation sites is 2. The Bertz CT molecular complexity index is 1020. The van der Waals surface area contributed by atoms with E-state index in [4.69, 9.17) is 22.1 Å². The molecule has 0 saturated heterocycles. The van der Waals surface area contributed by atoms with Crippen molar-refractivity contribution in [1.82, 2.24) is 5.32 Å². The number of allylic oxidation sites excluding steroid dienone is 1. The maximum Gasteiger partial charge on any atom is 0.254 e. The Kier molecular flexibility index (Phi) is 8.07. The first-order valence-electron chi connectivity index (χ1n) is 10.2. The average molecular weight is 458 g/mol. The molecule has 0 aromatic heterocycles. The number of nitrogens with two attached hydrogens (primary N) is 1. The number of halogens is 1. The predicted molar refractivity (Wildman–Crippen MR) is 130 cm³/mol. The largest absolute Gasteiger partial charge is 0.495 e. The lowest BCUT2D eigenvalue weighted by atomic mass is 9.81. The van der Waals surface area contributed by atoms with Crippen molar-refractivity contribution in [2.45, 2.75) is 26.2 Å². The summed E-state index contributed by atoms with van der Waals surface area (Å²) in [6, 6.07) is 15.0. The summed E-state index contributed by atoms with van der Waals surface area (Å²) in [5.74, 6) is 0.997. The van der Waals surface area contributed by atoms with Gasteiger partial charge in [0.2, 0.25) is 0 Å². The highest BCUT2D eigenvalue weighted by Gasteiger charge is 2.34. The maximum absolute atomic E-state index is 13.5. The van der Waals surface area contributed by atoms with Gasteiger partial charge in [0.25, 0.3) is 5.91 Å². The van der Waals surface area contributed by atoms with E-state index >= 15 is 0 Å². The summed E-state index contributed by atoms with van der Waals surface area (Å²) < 4.78 is 5.39. The molecule has 0 saturated carbocycles. The van der Waals surface area contributed by atoms with E-state index in [0.717, 1.165) is 34.0 Å². The van der Waals surface area contributed by atoms with E-state index in [1.54, 1.807) is 18.9 Å². The van der Waals surface area contributed by atoms with Crippen LogP contribution >= 0.6 is 23.4 Å². The minimum Gasteiger partial charge on any atom is -0.495 e. The van der Waals surface area contributed by atoms with E-state index in [0.29, 0.717) is 28.6 Å². The fourth-order valence-corrected chi connectivity index (χ4v) is 4.94. The van der Waals surface area contributed by atoms with Crippen molar-refractivity contribution in [3.63, 3.8) is 0 Å². The Hall–Kier alpha value is -2.41. The molecule has 31 heavy (non-hydrogen) atoms. The third-order valence-electron chi connectivity index (χ3n) is 5.12. The van der Waals surface area contributed by atoms with Crippen molar-refractivity contribution in [1.29, 1.82) is 0 Å². The van der Waals surface area contributed by atoms with Crippen molar-refractivity contribution in [3.8, 4) is 5.75 Å². The smallest absolute Gasteiger partial charge is 0.254 e. The van der Waals surface area contributed by atoms with Gasteiger partial charge in [0, 0.05) is 28.8 Å². The molecule has 0 bridgehead atoms. The average Bonchev–Trinajstić information content (AvgIpc) is 2.77. The van der Waals surface area contributed by atoms with Gasteiger partial charge >= 0.3 is 0 Å². The first-order chi connectivity index (χ1) is 15.0. The van der Waals surface area contributed by atoms with Crippen LogP contribution in [-0.4, -0.2) is 25.3 Å². The number of anilines is 1. The first kappa shape index (κ1) is 23.3. The molecular formula is C24H28ClN3O2S. The summed E-state index contributed by atoms with van der Waals surface area (Å²) in [4.78, 5) is 13.5. The van der Waals surface area contributed by atoms with Crippen molar-refractivity contribution >= 4 is 35.0 Å². The number of benzene rings is 2. The molecule has 3 rings (SSSR count). The van der Waals surface area contributed by atoms with Crippen LogP contribution in [0, 0.1) is 0 Å². The van der Waals surface area contributed by atoms with Crippen LogP contribution in [-0.2, 0) is 4.79 Å². The van der Waals surface area contributed by atoms with Crippen LogP contribution in [0.4, 0.5) is 5.69 Å². The molecule has 1 heterocycles. The summed E-state index contributed by atoms with van der Waals surface area (Å²) in [6.45, 7) is 4.37. The molecule has 0 radical (unpaired) electrons. The quantitative estimate of drug-likeness (QED) is 0.504. The standard InChI is InChI=1S/C24H28ClN3O2S/c1-4-13-31-24-17(14-26)22(16-9-5-6-10-18(16)25)21(15(2)27-24)23(29)28-19-11-7-8-12-20(19)30-3/h5-12,22,27H,4,13-14,26H2,1-3H3,(H,28,29). The number of nitrogens with one attached hydrogen (secondary N) is 2. The minimum atomic E-state index is -0.339. The van der Waals surface area contributed by atoms with E-state index < -0.39 is 0 Å². The van der Waals surface area contributed by atoms with Crippen molar-refractivity contribution < 1.29 is 9.53 Å². The van der Waals surface area contributed by atoms with Crippen molar-refractivity contribution in [2.24, 2.45) is 5.73 Å². The van der Waals surface area contributed by atoms with Gasteiger partial charge in [-0.2, -0.15) is 0 Å². The lowest BCUT2D eigenvalue weighted by Crippen LogP contribution is -2.33. The second kappa shape index (κ2) is 10.8. The number of amides is 1. The number of rotatable bonds is 8. The number of methoxy groups -OCH3 is 1. The minimum absolute atomic E-state index is 0.218. The summed E-state index contributed by atoms with van der Waals surface area (Å²) in [6.07, 6.45) is 1.04. The Balaban J connectivity index is 2.08. The molecule has 1 aliphatic heterocycles. The van der Waals surface area contributed by atoms with Crippen LogP contribution < -0.4 is 21.1 Å². The SMILES string of the molecule is CCCSC1=C(CN)C(c2ccccc2Cl)C(C(=O)Nc2ccccc2OC)=C(C)N1. The highest BCUT2D eigenvalue weighted by molar-refractivity contribution is 8.03. The lowest BCUT2D eigenvalue weighted by Gasteiger charge is -2.33. The van der Waals surface area contributed by atoms with Gasteiger partial charge in [-0.15, -0.1) is 11.8 Å². The van der Waals surface area contributed by atoms with Crippen LogP contribution in [0.1, 0.15) is 31.7 Å². The molecule has 1 amide bonds. The summed E-state index contributed by atoms with van der Waals surface area (Å²) in [5, 5.41) is 8.04. The molecule has 1 unspecified atom stereocenters. The van der Waals surface area contributed by atoms with Gasteiger partial charge in [-0.1, -0.05) is 48.9 Å². The molecular weight excluding hydrogens is 430 g/mol. The maximum atomic E-state index is 13.5. The number of dihydropyridines is 1. The summed E-state index contributed by atoms with van der Waals surface area (Å²) in [5.41, 5.74) is 10.0. The number of carbonyl (C=O) groups is 1. The molecule has 2 aromatic rings. The Morgan fingerprint density at radius 3 is 2.61 bits per heavy atom. The number of carbonyl (C=O) groups excluding carboxylic acids is 1. The van der Waals surface area contributed by atoms with Crippen LogP contribution in [0.2, 0.25) is 5.02 Å². The van der Waals surface area contributed by atoms with Crippen molar-refractivity contribution in [3.05, 3.63) is 81.0 Å². The Labute approximate surface area is 193 Å². The second-order valence-electron chi connectivity index (χ2n) is 7.18. The van der Waals surface area contributed by atoms with E-state index in [1.807, 2.05) is 55.5 Å². The topological polar surface area (TPSA) is 76.4 Å². The number of ether oxygens (including phenoxy) is 1. The Morgan fingerprint density at radius 2 is 1.94 bits per heavy atom. The van der Waals surface area contributed by atoms with Gasteiger partial charge in [0.1, 0.15) is 5.75 Å². The van der Waals surface area contributed by atoms with Gasteiger partial charge in [-0.3, -0.25) is 4.79 Å². The van der Waals surface area contributed by atoms with Crippen LogP contribution in [0.25, 0.3) is 0 Å². The molecule has 0 aliphatic carbocycles. The Morgan fingerprint density at radius 1 is 1.23 bits per heavy atom. The third kappa shape index (κ3) is 5.09. The first-order valence-corrected chi connectivity index (χ1v) is 11.6. The zero-order chi connectivity index (χ0) is 22.4. The monoisotopic (exact) mass is 457 g/mol. The third-order valence-corrected chi connectivity index (χ3v) is 6.73. The lowest BCUT2D eigenvalue weighted by molar-refractivity contribution is -0.113. The van der Waals surface area contributed by atoms with Crippen molar-refractivity contribution in [2.75, 3.05) is 24.7 Å². The number of thioether (sulfide) groups is 1. The van der Waals surface area contributed by atoms with E-state index in [-0.39, 0.29) is 11.8 Å². The van der Waals surface area contributed by atoms with Gasteiger partial charge in [0.15, 0.2) is 0 Å². The van der Waals surface area contributed by atoms with Crippen LogP contribution in [0.3, 0.4) is 0 Å². The number of hydrogen-bond donors (Lipinski definition) is 3. The molecule has 0 spiro atoms. The molecule has 2 aromatic carbocycles. The molecule has 1 aliphatic rings.